The summed E-state index contributed by atoms with van der Waals surface area (Å²) in [5.74, 6) is 0.493. The van der Waals surface area contributed by atoms with Gasteiger partial charge >= 0.3 is 0 Å². The van der Waals surface area contributed by atoms with Crippen LogP contribution in [0.4, 0.5) is 0 Å². The molecule has 0 bridgehead atoms. The van der Waals surface area contributed by atoms with Crippen LogP contribution in [0.25, 0.3) is 0 Å². The predicted molar refractivity (Wildman–Crippen MR) is 76.7 cm³/mol. The van der Waals surface area contributed by atoms with Crippen molar-refractivity contribution in [2.24, 2.45) is 5.92 Å². The second-order valence-electron chi connectivity index (χ2n) is 5.57. The zero-order valence-electron chi connectivity index (χ0n) is 12.7. The van der Waals surface area contributed by atoms with Crippen molar-refractivity contribution in [1.82, 2.24) is 19.8 Å². The summed E-state index contributed by atoms with van der Waals surface area (Å²) >= 11 is 0. The van der Waals surface area contributed by atoms with E-state index in [1.807, 2.05) is 0 Å². The van der Waals surface area contributed by atoms with Gasteiger partial charge in [-0.25, -0.2) is 4.98 Å². The van der Waals surface area contributed by atoms with E-state index >= 15 is 0 Å². The summed E-state index contributed by atoms with van der Waals surface area (Å²) in [4.78, 5) is 23.8. The lowest BCUT2D eigenvalue weighted by atomic mass is 10.0. The van der Waals surface area contributed by atoms with Gasteiger partial charge in [-0.05, 0) is 0 Å². The van der Waals surface area contributed by atoms with Crippen LogP contribution in [-0.4, -0.2) is 71.2 Å². The van der Waals surface area contributed by atoms with Crippen molar-refractivity contribution in [1.29, 1.82) is 0 Å². The van der Waals surface area contributed by atoms with Gasteiger partial charge in [0.05, 0.1) is 25.1 Å². The van der Waals surface area contributed by atoms with Crippen LogP contribution in [0.2, 0.25) is 0 Å². The standard InChI is InChI=1S/C14H22N4O3/c1-17(2)14(20)4-10-7-18(9-12(10)19)8-11-5-15-6-13(16-11)21-3/h5-6,10,12,19H,4,7-9H2,1-3H3/t10-,12-/m1/s1. The predicted octanol–water partition coefficient (Wildman–Crippen LogP) is -0.244. The molecule has 1 aliphatic rings. The normalized spacial score (nSPS) is 22.3. The maximum absolute atomic E-state index is 11.8. The zero-order valence-corrected chi connectivity index (χ0v) is 12.7. The van der Waals surface area contributed by atoms with Gasteiger partial charge in [0.15, 0.2) is 0 Å². The van der Waals surface area contributed by atoms with Crippen molar-refractivity contribution in [3.8, 4) is 5.88 Å². The summed E-state index contributed by atoms with van der Waals surface area (Å²) < 4.78 is 5.05. The number of ether oxygens (including phenoxy) is 1. The van der Waals surface area contributed by atoms with Crippen LogP contribution < -0.4 is 4.74 Å². The molecule has 1 N–H and O–H groups in total. The highest BCUT2D eigenvalue weighted by Gasteiger charge is 2.33. The van der Waals surface area contributed by atoms with Gasteiger partial charge in [-0.1, -0.05) is 0 Å². The number of β-amino-alcohol motifs (C(OH)–C–C–N with tert-alkyl or cyclic N) is 1. The maximum atomic E-state index is 11.8. The number of aliphatic hydroxyl groups is 1. The van der Waals surface area contributed by atoms with E-state index in [1.54, 1.807) is 38.5 Å². The number of rotatable bonds is 5. The van der Waals surface area contributed by atoms with Gasteiger partial charge in [0.25, 0.3) is 0 Å². The van der Waals surface area contributed by atoms with Gasteiger partial charge < -0.3 is 14.7 Å². The molecule has 1 amide bonds. The van der Waals surface area contributed by atoms with Crippen molar-refractivity contribution < 1.29 is 14.6 Å². The topological polar surface area (TPSA) is 78.8 Å². The summed E-state index contributed by atoms with van der Waals surface area (Å²) in [6.07, 6.45) is 3.13. The number of methoxy groups -OCH3 is 1. The first kappa shape index (κ1) is 15.7. The van der Waals surface area contributed by atoms with Crippen LogP contribution in [0.3, 0.4) is 0 Å². The number of amides is 1. The van der Waals surface area contributed by atoms with Crippen LogP contribution in [-0.2, 0) is 11.3 Å². The Morgan fingerprint density at radius 1 is 1.48 bits per heavy atom. The Morgan fingerprint density at radius 3 is 2.90 bits per heavy atom. The van der Waals surface area contributed by atoms with Gasteiger partial charge in [0, 0.05) is 52.3 Å². The monoisotopic (exact) mass is 294 g/mol. The first-order valence-corrected chi connectivity index (χ1v) is 6.95. The van der Waals surface area contributed by atoms with E-state index in [0.29, 0.717) is 31.9 Å². The van der Waals surface area contributed by atoms with E-state index in [2.05, 4.69) is 14.9 Å². The minimum atomic E-state index is -0.479. The third-order valence-corrected chi connectivity index (χ3v) is 3.67. The van der Waals surface area contributed by atoms with E-state index in [9.17, 15) is 9.90 Å². The largest absolute Gasteiger partial charge is 0.480 e. The average Bonchev–Trinajstić information content (AvgIpc) is 2.78. The minimum absolute atomic E-state index is 0.0292. The Labute approximate surface area is 124 Å². The summed E-state index contributed by atoms with van der Waals surface area (Å²) in [7, 11) is 5.01. The maximum Gasteiger partial charge on any atom is 0.232 e. The van der Waals surface area contributed by atoms with E-state index in [4.69, 9.17) is 4.74 Å². The van der Waals surface area contributed by atoms with Crippen molar-refractivity contribution in [3.63, 3.8) is 0 Å². The molecule has 1 saturated heterocycles. The summed E-state index contributed by atoms with van der Waals surface area (Å²) in [6, 6.07) is 0. The highest BCUT2D eigenvalue weighted by Crippen LogP contribution is 2.22. The number of carbonyl (C=O) groups excluding carboxylic acids is 1. The molecule has 0 unspecified atom stereocenters. The smallest absolute Gasteiger partial charge is 0.232 e. The van der Waals surface area contributed by atoms with E-state index in [0.717, 1.165) is 5.69 Å². The second kappa shape index (κ2) is 6.82. The SMILES string of the molecule is COc1cncc(CN2C[C@@H](CC(=O)N(C)C)[C@H](O)C2)n1. The number of carbonyl (C=O) groups is 1. The molecule has 1 aromatic heterocycles. The molecule has 0 spiro atoms. The van der Waals surface area contributed by atoms with Gasteiger partial charge in [0.2, 0.25) is 11.8 Å². The molecular formula is C14H22N4O3. The van der Waals surface area contributed by atoms with Crippen molar-refractivity contribution in [3.05, 3.63) is 18.1 Å². The van der Waals surface area contributed by atoms with Gasteiger partial charge in [-0.15, -0.1) is 0 Å². The third kappa shape index (κ3) is 4.12. The number of hydrogen-bond acceptors (Lipinski definition) is 6. The summed E-state index contributed by atoms with van der Waals surface area (Å²) in [6.45, 7) is 1.82. The molecule has 116 valence electrons. The van der Waals surface area contributed by atoms with E-state index in [-0.39, 0.29) is 11.8 Å². The van der Waals surface area contributed by atoms with E-state index < -0.39 is 6.10 Å². The van der Waals surface area contributed by atoms with Crippen LogP contribution in [0, 0.1) is 5.92 Å². The number of aliphatic hydroxyl groups excluding tert-OH is 1. The molecule has 1 fully saturated rings. The molecular weight excluding hydrogens is 272 g/mol. The Balaban J connectivity index is 1.92. The number of likely N-dealkylation sites (tertiary alicyclic amines) is 1. The van der Waals surface area contributed by atoms with Gasteiger partial charge in [-0.2, -0.15) is 0 Å². The van der Waals surface area contributed by atoms with Crippen LogP contribution in [0.15, 0.2) is 12.4 Å². The number of hydrogen-bond donors (Lipinski definition) is 1. The molecule has 0 aliphatic carbocycles. The number of nitrogens with zero attached hydrogens (tertiary/aromatic N) is 4. The molecule has 7 heteroatoms. The molecule has 1 aliphatic heterocycles. The first-order valence-electron chi connectivity index (χ1n) is 6.95. The highest BCUT2D eigenvalue weighted by atomic mass is 16.5. The van der Waals surface area contributed by atoms with Crippen LogP contribution >= 0.6 is 0 Å². The van der Waals surface area contributed by atoms with Crippen molar-refractivity contribution in [2.75, 3.05) is 34.3 Å². The number of aromatic nitrogens is 2. The first-order chi connectivity index (χ1) is 9.99. The zero-order chi connectivity index (χ0) is 15.4. The molecule has 1 aromatic rings. The highest BCUT2D eigenvalue weighted by molar-refractivity contribution is 5.75. The fourth-order valence-electron chi connectivity index (χ4n) is 2.47. The van der Waals surface area contributed by atoms with Gasteiger partial charge in [0.1, 0.15) is 0 Å². The Kier molecular flexibility index (Phi) is 5.08. The minimum Gasteiger partial charge on any atom is -0.480 e. The van der Waals surface area contributed by atoms with Crippen LogP contribution in [0.5, 0.6) is 5.88 Å². The summed E-state index contributed by atoms with van der Waals surface area (Å²) in [5.41, 5.74) is 0.793. The fraction of sp³-hybridized carbons (Fsp3) is 0.643. The van der Waals surface area contributed by atoms with Crippen molar-refractivity contribution in [2.45, 2.75) is 19.1 Å². The molecule has 2 atom stereocenters. The Bertz CT molecular complexity index is 495. The molecule has 21 heavy (non-hydrogen) atoms. The Morgan fingerprint density at radius 2 is 2.24 bits per heavy atom. The molecule has 7 nitrogen and oxygen atoms in total. The third-order valence-electron chi connectivity index (χ3n) is 3.67. The Hall–Kier alpha value is -1.73. The molecule has 2 heterocycles. The quantitative estimate of drug-likeness (QED) is 0.807. The molecule has 2 rings (SSSR count). The summed E-state index contributed by atoms with van der Waals surface area (Å²) in [5, 5.41) is 10.1. The molecule has 0 aromatic carbocycles. The van der Waals surface area contributed by atoms with E-state index in [1.165, 1.54) is 0 Å². The average molecular weight is 294 g/mol. The van der Waals surface area contributed by atoms with Gasteiger partial charge in [-0.3, -0.25) is 14.7 Å². The fourth-order valence-corrected chi connectivity index (χ4v) is 2.47. The lowest BCUT2D eigenvalue weighted by Gasteiger charge is -2.17. The van der Waals surface area contributed by atoms with Crippen LogP contribution in [0.1, 0.15) is 12.1 Å². The molecule has 0 radical (unpaired) electrons. The molecule has 0 saturated carbocycles. The lowest BCUT2D eigenvalue weighted by molar-refractivity contribution is -0.130. The second-order valence-corrected chi connectivity index (χ2v) is 5.57. The van der Waals surface area contributed by atoms with Crippen molar-refractivity contribution >= 4 is 5.91 Å². The lowest BCUT2D eigenvalue weighted by Crippen LogP contribution is -2.28.